The van der Waals surface area contributed by atoms with Gasteiger partial charge in [0.15, 0.2) is 0 Å². The third kappa shape index (κ3) is 2.97. The average molecular weight is 201 g/mol. The first kappa shape index (κ1) is 10.5. The summed E-state index contributed by atoms with van der Waals surface area (Å²) >= 11 is 0. The fourth-order valence-electron chi connectivity index (χ4n) is 2.24. The molecule has 1 N–H and O–H groups in total. The molecule has 2 aliphatic rings. The fraction of sp³-hybridized carbons (Fsp3) is 0.571. The summed E-state index contributed by atoms with van der Waals surface area (Å²) in [6.45, 7) is 4.47. The van der Waals surface area contributed by atoms with Crippen LogP contribution < -0.4 is 5.32 Å². The van der Waals surface area contributed by atoms with E-state index in [9.17, 15) is 0 Å². The predicted molar refractivity (Wildman–Crippen MR) is 64.4 cm³/mol. The van der Waals surface area contributed by atoms with Crippen LogP contribution in [-0.2, 0) is 0 Å². The quantitative estimate of drug-likeness (QED) is 0.643. The Bertz CT molecular complexity index is 321. The van der Waals surface area contributed by atoms with Crippen LogP contribution in [-0.4, -0.2) is 13.1 Å². The van der Waals surface area contributed by atoms with Gasteiger partial charge in [-0.3, -0.25) is 0 Å². The van der Waals surface area contributed by atoms with Crippen molar-refractivity contribution in [2.75, 3.05) is 13.1 Å². The highest BCUT2D eigenvalue weighted by Gasteiger charge is 2.19. The summed E-state index contributed by atoms with van der Waals surface area (Å²) in [4.78, 5) is 0. The molecule has 0 saturated carbocycles. The number of rotatable bonds is 1. The van der Waals surface area contributed by atoms with Gasteiger partial charge in [0.2, 0.25) is 0 Å². The normalized spacial score (nSPS) is 32.9. The zero-order chi connectivity index (χ0) is 10.5. The lowest BCUT2D eigenvalue weighted by Crippen LogP contribution is -2.30. The molecular weight excluding hydrogens is 182 g/mol. The van der Waals surface area contributed by atoms with Gasteiger partial charge < -0.3 is 5.32 Å². The second kappa shape index (κ2) is 5.19. The third-order valence-corrected chi connectivity index (χ3v) is 3.25. The molecule has 1 aliphatic heterocycles. The first-order chi connectivity index (χ1) is 7.36. The van der Waals surface area contributed by atoms with Gasteiger partial charge in [-0.15, -0.1) is 0 Å². The molecule has 0 bridgehead atoms. The van der Waals surface area contributed by atoms with Crippen molar-refractivity contribution in [1.82, 2.24) is 5.32 Å². The van der Waals surface area contributed by atoms with Gasteiger partial charge in [-0.25, -0.2) is 0 Å². The molecule has 1 heterocycles. The maximum Gasteiger partial charge on any atom is 0.0415 e. The molecule has 0 spiro atoms. The molecular formula is C14H19N. The predicted octanol–water partition coefficient (Wildman–Crippen LogP) is 2.51. The first-order valence-electron chi connectivity index (χ1n) is 5.90. The number of allylic oxidation sites excluding steroid dienone is 4. The van der Waals surface area contributed by atoms with Crippen LogP contribution >= 0.6 is 0 Å². The highest BCUT2D eigenvalue weighted by molar-refractivity contribution is 5.26. The van der Waals surface area contributed by atoms with E-state index in [1.54, 1.807) is 0 Å². The van der Waals surface area contributed by atoms with Gasteiger partial charge in [-0.1, -0.05) is 35.6 Å². The van der Waals surface area contributed by atoms with Crippen molar-refractivity contribution in [2.24, 2.45) is 11.8 Å². The zero-order valence-corrected chi connectivity index (χ0v) is 9.42. The minimum atomic E-state index is 0.482. The monoisotopic (exact) mass is 201 g/mol. The van der Waals surface area contributed by atoms with Crippen LogP contribution in [0, 0.1) is 23.7 Å². The molecule has 15 heavy (non-hydrogen) atoms. The van der Waals surface area contributed by atoms with Crippen LogP contribution in [0.4, 0.5) is 0 Å². The first-order valence-corrected chi connectivity index (χ1v) is 5.90. The Hall–Kier alpha value is -1.00. The lowest BCUT2D eigenvalue weighted by atomic mass is 9.84. The molecule has 0 aromatic heterocycles. The lowest BCUT2D eigenvalue weighted by molar-refractivity contribution is 0.338. The van der Waals surface area contributed by atoms with E-state index in [0.717, 1.165) is 25.4 Å². The third-order valence-electron chi connectivity index (χ3n) is 3.25. The van der Waals surface area contributed by atoms with E-state index in [1.165, 1.54) is 18.4 Å². The van der Waals surface area contributed by atoms with Gasteiger partial charge in [-0.05, 0) is 38.8 Å². The maximum absolute atomic E-state index is 3.41. The van der Waals surface area contributed by atoms with E-state index in [-0.39, 0.29) is 0 Å². The highest BCUT2D eigenvalue weighted by Crippen LogP contribution is 2.23. The summed E-state index contributed by atoms with van der Waals surface area (Å²) in [5.41, 5.74) is 1.35. The Kier molecular flexibility index (Phi) is 3.64. The van der Waals surface area contributed by atoms with Crippen molar-refractivity contribution in [3.05, 3.63) is 23.8 Å². The van der Waals surface area contributed by atoms with E-state index in [2.05, 4.69) is 42.3 Å². The Balaban J connectivity index is 2.06. The molecule has 1 heteroatoms. The summed E-state index contributed by atoms with van der Waals surface area (Å²) < 4.78 is 0. The van der Waals surface area contributed by atoms with Crippen molar-refractivity contribution < 1.29 is 0 Å². The minimum Gasteiger partial charge on any atom is -0.317 e. The van der Waals surface area contributed by atoms with E-state index in [4.69, 9.17) is 0 Å². The summed E-state index contributed by atoms with van der Waals surface area (Å²) in [5.74, 6) is 7.92. The van der Waals surface area contributed by atoms with Gasteiger partial charge in [0.25, 0.3) is 0 Å². The zero-order valence-electron chi connectivity index (χ0n) is 9.42. The summed E-state index contributed by atoms with van der Waals surface area (Å²) in [5, 5.41) is 3.41. The lowest BCUT2D eigenvalue weighted by Gasteiger charge is -2.26. The summed E-state index contributed by atoms with van der Waals surface area (Å²) in [6.07, 6.45) is 10.2. The van der Waals surface area contributed by atoms with Gasteiger partial charge in [0, 0.05) is 12.3 Å². The Morgan fingerprint density at radius 1 is 1.33 bits per heavy atom. The fourth-order valence-corrected chi connectivity index (χ4v) is 2.24. The van der Waals surface area contributed by atoms with Gasteiger partial charge in [0.05, 0.1) is 0 Å². The Morgan fingerprint density at radius 3 is 2.93 bits per heavy atom. The van der Waals surface area contributed by atoms with Gasteiger partial charge in [-0.2, -0.15) is 0 Å². The molecule has 0 radical (unpaired) electrons. The number of hydrogen-bond acceptors (Lipinski definition) is 1. The number of hydrogen-bond donors (Lipinski definition) is 1. The molecule has 0 aromatic carbocycles. The van der Waals surface area contributed by atoms with E-state index in [0.29, 0.717) is 5.92 Å². The molecule has 1 unspecified atom stereocenters. The molecule has 80 valence electrons. The molecule has 1 saturated heterocycles. The molecule has 0 aromatic rings. The SMILES string of the molecule is CC1=C/CC#CC(C2CCNCC2)/C=C\1. The van der Waals surface area contributed by atoms with E-state index >= 15 is 0 Å². The smallest absolute Gasteiger partial charge is 0.0415 e. The standard InChI is InChI=1S/C14H19N/c1-12-4-2-3-5-13(7-6-12)14-8-10-15-11-9-14/h4,6-7,13-15H,2,8-11H2,1H3/b7-6-,12-4-. The largest absolute Gasteiger partial charge is 0.317 e. The Morgan fingerprint density at radius 2 is 2.13 bits per heavy atom. The van der Waals surface area contributed by atoms with Gasteiger partial charge >= 0.3 is 0 Å². The van der Waals surface area contributed by atoms with Gasteiger partial charge in [0.1, 0.15) is 0 Å². The minimum absolute atomic E-state index is 0.482. The van der Waals surface area contributed by atoms with Crippen molar-refractivity contribution in [3.63, 3.8) is 0 Å². The molecule has 1 atom stereocenters. The molecule has 0 amide bonds. The Labute approximate surface area is 92.6 Å². The maximum atomic E-state index is 3.41. The van der Waals surface area contributed by atoms with Crippen LogP contribution in [0.15, 0.2) is 23.8 Å². The summed E-state index contributed by atoms with van der Waals surface area (Å²) in [7, 11) is 0. The second-order valence-electron chi connectivity index (χ2n) is 4.45. The molecule has 1 nitrogen and oxygen atoms in total. The number of nitrogens with one attached hydrogen (secondary N) is 1. The highest BCUT2D eigenvalue weighted by atomic mass is 14.9. The molecule has 2 rings (SSSR count). The van der Waals surface area contributed by atoms with Crippen LogP contribution in [0.5, 0.6) is 0 Å². The molecule has 1 aliphatic carbocycles. The number of piperidine rings is 1. The van der Waals surface area contributed by atoms with Crippen molar-refractivity contribution in [1.29, 1.82) is 0 Å². The van der Waals surface area contributed by atoms with E-state index < -0.39 is 0 Å². The second-order valence-corrected chi connectivity index (χ2v) is 4.45. The van der Waals surface area contributed by atoms with Crippen molar-refractivity contribution in [2.45, 2.75) is 26.2 Å². The average Bonchev–Trinajstić information content (AvgIpc) is 2.25. The van der Waals surface area contributed by atoms with Crippen molar-refractivity contribution in [3.8, 4) is 11.8 Å². The van der Waals surface area contributed by atoms with E-state index in [1.807, 2.05) is 0 Å². The topological polar surface area (TPSA) is 12.0 Å². The van der Waals surface area contributed by atoms with Crippen LogP contribution in [0.25, 0.3) is 0 Å². The summed E-state index contributed by atoms with van der Waals surface area (Å²) in [6, 6.07) is 0. The van der Waals surface area contributed by atoms with Crippen molar-refractivity contribution >= 4 is 0 Å². The van der Waals surface area contributed by atoms with Crippen LogP contribution in [0.1, 0.15) is 26.2 Å². The molecule has 1 fully saturated rings. The van der Waals surface area contributed by atoms with Crippen LogP contribution in [0.2, 0.25) is 0 Å². The van der Waals surface area contributed by atoms with Crippen LogP contribution in [0.3, 0.4) is 0 Å².